The lowest BCUT2D eigenvalue weighted by molar-refractivity contribution is -0.208. The molecule has 5 aromatic rings. The minimum atomic E-state index is -0.746. The molecule has 0 saturated carbocycles. The summed E-state index contributed by atoms with van der Waals surface area (Å²) in [5.41, 5.74) is 13.6. The van der Waals surface area contributed by atoms with Crippen LogP contribution in [0.4, 0.5) is 0 Å². The summed E-state index contributed by atoms with van der Waals surface area (Å²) in [6.45, 7) is 2.87. The van der Waals surface area contributed by atoms with Crippen molar-refractivity contribution in [3.8, 4) is 17.2 Å². The fourth-order valence-electron chi connectivity index (χ4n) is 6.36. The van der Waals surface area contributed by atoms with Crippen LogP contribution < -0.4 is 14.2 Å². The Kier molecular flexibility index (Phi) is 11.8. The van der Waals surface area contributed by atoms with Gasteiger partial charge in [0.05, 0.1) is 50.1 Å². The third kappa shape index (κ3) is 8.03. The second kappa shape index (κ2) is 17.0. The van der Waals surface area contributed by atoms with Crippen molar-refractivity contribution >= 4 is 10.8 Å². The molecule has 6 rings (SSSR count). The summed E-state index contributed by atoms with van der Waals surface area (Å²) in [5.74, 6) is 1.74. The maximum absolute atomic E-state index is 9.88. The standard InChI is InChI=1S/C40H41N3O7/c1-27-38(47-24-29-15-9-5-10-16-29)37(42-43-41)40(48-25-30-17-11-6-12-18-30)39(50-27)31-19-20-34(46-23-28-13-7-4-8-14-28)36-32(45-3)21-22-33(35(31)36)49-26-44-2/h4-22,27,37-40H,23-26H2,1-3H3/t27-,37+,38+,39+,40-/m0/s1. The van der Waals surface area contributed by atoms with Gasteiger partial charge in [0.1, 0.15) is 30.0 Å². The summed E-state index contributed by atoms with van der Waals surface area (Å²) >= 11 is 0. The lowest BCUT2D eigenvalue weighted by Crippen LogP contribution is -2.54. The van der Waals surface area contributed by atoms with Crippen LogP contribution >= 0.6 is 0 Å². The zero-order chi connectivity index (χ0) is 34.7. The maximum atomic E-state index is 9.88. The van der Waals surface area contributed by atoms with E-state index in [0.717, 1.165) is 22.3 Å². The minimum absolute atomic E-state index is 0.0165. The minimum Gasteiger partial charge on any atom is -0.496 e. The van der Waals surface area contributed by atoms with Gasteiger partial charge in [0, 0.05) is 17.4 Å². The van der Waals surface area contributed by atoms with Crippen LogP contribution in [0.5, 0.6) is 17.2 Å². The van der Waals surface area contributed by atoms with Crippen LogP contribution in [-0.4, -0.2) is 45.4 Å². The lowest BCUT2D eigenvalue weighted by atomic mass is 9.87. The van der Waals surface area contributed by atoms with Gasteiger partial charge < -0.3 is 33.2 Å². The van der Waals surface area contributed by atoms with Crippen molar-refractivity contribution in [1.82, 2.24) is 0 Å². The molecule has 1 heterocycles. The van der Waals surface area contributed by atoms with Gasteiger partial charge in [-0.1, -0.05) is 102 Å². The van der Waals surface area contributed by atoms with Gasteiger partial charge >= 0.3 is 0 Å². The predicted molar refractivity (Wildman–Crippen MR) is 190 cm³/mol. The third-order valence-electron chi connectivity index (χ3n) is 8.73. The molecule has 1 aliphatic rings. The molecule has 1 aliphatic heterocycles. The van der Waals surface area contributed by atoms with Crippen molar-refractivity contribution in [2.24, 2.45) is 5.11 Å². The molecule has 0 aliphatic carbocycles. The molecule has 5 atom stereocenters. The summed E-state index contributed by atoms with van der Waals surface area (Å²) < 4.78 is 43.8. The lowest BCUT2D eigenvalue weighted by Gasteiger charge is -2.44. The average molecular weight is 676 g/mol. The summed E-state index contributed by atoms with van der Waals surface area (Å²) in [5, 5.41) is 5.73. The van der Waals surface area contributed by atoms with Gasteiger partial charge in [-0.2, -0.15) is 0 Å². The Morgan fingerprint density at radius 2 is 1.18 bits per heavy atom. The Balaban J connectivity index is 1.45. The largest absolute Gasteiger partial charge is 0.496 e. The number of azide groups is 1. The van der Waals surface area contributed by atoms with Crippen molar-refractivity contribution in [2.75, 3.05) is 21.0 Å². The normalized spacial score (nSPS) is 20.2. The average Bonchev–Trinajstić information content (AvgIpc) is 3.16. The van der Waals surface area contributed by atoms with Gasteiger partial charge in [-0.3, -0.25) is 0 Å². The van der Waals surface area contributed by atoms with Crippen LogP contribution in [-0.2, 0) is 38.8 Å². The summed E-state index contributed by atoms with van der Waals surface area (Å²) in [4.78, 5) is 3.28. The number of nitrogens with zero attached hydrogens (tertiary/aromatic N) is 3. The molecule has 0 aromatic heterocycles. The highest BCUT2D eigenvalue weighted by Crippen LogP contribution is 2.47. The van der Waals surface area contributed by atoms with E-state index in [4.69, 9.17) is 33.2 Å². The molecular formula is C40H41N3O7. The van der Waals surface area contributed by atoms with E-state index in [1.807, 2.05) is 122 Å². The van der Waals surface area contributed by atoms with Gasteiger partial charge in [-0.25, -0.2) is 0 Å². The zero-order valence-corrected chi connectivity index (χ0v) is 28.4. The molecule has 10 heteroatoms. The van der Waals surface area contributed by atoms with E-state index in [0.29, 0.717) is 41.2 Å². The highest BCUT2D eigenvalue weighted by molar-refractivity contribution is 6.00. The SMILES string of the molecule is COCOc1ccc(OC)c2c(OCc3ccccc3)ccc([C@H]3O[C@@H](C)[C@@H](OCc4ccccc4)[C@@H](N=[N+]=[N-])[C@@H]3OCc3ccccc3)c12. The number of hydrogen-bond acceptors (Lipinski definition) is 8. The number of rotatable bonds is 15. The van der Waals surface area contributed by atoms with Crippen LogP contribution in [0.15, 0.2) is 120 Å². The molecule has 258 valence electrons. The van der Waals surface area contributed by atoms with Crippen LogP contribution in [0.2, 0.25) is 0 Å². The highest BCUT2D eigenvalue weighted by atomic mass is 16.7. The topological polar surface area (TPSA) is 113 Å². The molecule has 1 fully saturated rings. The first-order chi connectivity index (χ1) is 24.6. The Hall–Kier alpha value is -5.09. The molecule has 0 unspecified atom stereocenters. The summed E-state index contributed by atoms with van der Waals surface area (Å²) in [6, 6.07) is 36.5. The van der Waals surface area contributed by atoms with Crippen LogP contribution in [0.3, 0.4) is 0 Å². The van der Waals surface area contributed by atoms with Gasteiger partial charge in [-0.15, -0.1) is 0 Å². The molecule has 50 heavy (non-hydrogen) atoms. The molecule has 10 nitrogen and oxygen atoms in total. The smallest absolute Gasteiger partial charge is 0.188 e. The van der Waals surface area contributed by atoms with Gasteiger partial charge in [-0.05, 0) is 52.9 Å². The van der Waals surface area contributed by atoms with Crippen molar-refractivity contribution in [2.45, 2.75) is 57.2 Å². The van der Waals surface area contributed by atoms with Crippen molar-refractivity contribution < 1.29 is 33.2 Å². The van der Waals surface area contributed by atoms with Crippen molar-refractivity contribution in [3.05, 3.63) is 148 Å². The number of methoxy groups -OCH3 is 2. The molecule has 0 N–H and O–H groups in total. The first kappa shape index (κ1) is 34.8. The van der Waals surface area contributed by atoms with E-state index < -0.39 is 30.5 Å². The van der Waals surface area contributed by atoms with E-state index in [1.54, 1.807) is 14.2 Å². The van der Waals surface area contributed by atoms with E-state index in [2.05, 4.69) is 10.0 Å². The fourth-order valence-corrected chi connectivity index (χ4v) is 6.36. The molecule has 5 aromatic carbocycles. The monoisotopic (exact) mass is 675 g/mol. The molecule has 0 spiro atoms. The Labute approximate surface area is 292 Å². The summed E-state index contributed by atoms with van der Waals surface area (Å²) in [6.07, 6.45) is -2.53. The second-order valence-corrected chi connectivity index (χ2v) is 12.0. The van der Waals surface area contributed by atoms with Crippen LogP contribution in [0.25, 0.3) is 21.2 Å². The number of ether oxygens (including phenoxy) is 7. The first-order valence-electron chi connectivity index (χ1n) is 16.5. The van der Waals surface area contributed by atoms with Gasteiger partial charge in [0.2, 0.25) is 0 Å². The van der Waals surface area contributed by atoms with E-state index in [-0.39, 0.29) is 13.4 Å². The van der Waals surface area contributed by atoms with Crippen LogP contribution in [0, 0.1) is 0 Å². The second-order valence-electron chi connectivity index (χ2n) is 12.0. The van der Waals surface area contributed by atoms with E-state index >= 15 is 0 Å². The van der Waals surface area contributed by atoms with Crippen molar-refractivity contribution in [1.29, 1.82) is 0 Å². The number of hydrogen-bond donors (Lipinski definition) is 0. The quantitative estimate of drug-likeness (QED) is 0.0472. The molecular weight excluding hydrogens is 634 g/mol. The van der Waals surface area contributed by atoms with Crippen LogP contribution in [0.1, 0.15) is 35.3 Å². The zero-order valence-electron chi connectivity index (χ0n) is 28.4. The molecule has 0 amide bonds. The molecule has 1 saturated heterocycles. The Morgan fingerprint density at radius 3 is 1.76 bits per heavy atom. The van der Waals surface area contributed by atoms with E-state index in [1.165, 1.54) is 0 Å². The van der Waals surface area contributed by atoms with Gasteiger partial charge in [0.15, 0.2) is 6.79 Å². The highest BCUT2D eigenvalue weighted by Gasteiger charge is 2.47. The number of fused-ring (bicyclic) bond motifs is 1. The maximum Gasteiger partial charge on any atom is 0.188 e. The van der Waals surface area contributed by atoms with Crippen molar-refractivity contribution in [3.63, 3.8) is 0 Å². The number of benzene rings is 5. The first-order valence-corrected chi connectivity index (χ1v) is 16.5. The van der Waals surface area contributed by atoms with Gasteiger partial charge in [0.25, 0.3) is 0 Å². The Morgan fingerprint density at radius 1 is 0.640 bits per heavy atom. The fraction of sp³-hybridized carbons (Fsp3) is 0.300. The Bertz CT molecular complexity index is 1870. The molecule has 0 bridgehead atoms. The summed E-state index contributed by atoms with van der Waals surface area (Å²) in [7, 11) is 3.19. The van der Waals surface area contributed by atoms with E-state index in [9.17, 15) is 5.53 Å². The predicted octanol–water partition coefficient (Wildman–Crippen LogP) is 8.72. The third-order valence-corrected chi connectivity index (χ3v) is 8.73. The molecule has 0 radical (unpaired) electrons.